The first-order valence-corrected chi connectivity index (χ1v) is 8.90. The molecular weight excluding hydrogens is 319 g/mol. The third-order valence-electron chi connectivity index (χ3n) is 4.82. The highest BCUT2D eigenvalue weighted by atomic mass is 19.1. The van der Waals surface area contributed by atoms with Crippen molar-refractivity contribution < 1.29 is 13.9 Å². The average Bonchev–Trinajstić information content (AvgIpc) is 2.88. The molecule has 5 heteroatoms. The number of fused-ring (bicyclic) bond motifs is 1. The Kier molecular flexibility index (Phi) is 4.74. The highest BCUT2D eigenvalue weighted by Crippen LogP contribution is 2.34. The van der Waals surface area contributed by atoms with Gasteiger partial charge in [0.2, 0.25) is 0 Å². The quantitative estimate of drug-likeness (QED) is 0.854. The second kappa shape index (κ2) is 7.31. The summed E-state index contributed by atoms with van der Waals surface area (Å²) in [6.45, 7) is 6.05. The molecule has 2 aromatic carbocycles. The van der Waals surface area contributed by atoms with Gasteiger partial charge in [-0.15, -0.1) is 0 Å². The van der Waals surface area contributed by atoms with Gasteiger partial charge >= 0.3 is 0 Å². The lowest BCUT2D eigenvalue weighted by Crippen LogP contribution is -2.30. The summed E-state index contributed by atoms with van der Waals surface area (Å²) in [4.78, 5) is 4.79. The number of nitrogens with zero attached hydrogens (tertiary/aromatic N) is 2. The van der Waals surface area contributed by atoms with Gasteiger partial charge in [-0.05, 0) is 36.8 Å². The molecule has 0 saturated carbocycles. The van der Waals surface area contributed by atoms with Crippen LogP contribution in [0.5, 0.6) is 11.5 Å². The van der Waals surface area contributed by atoms with Gasteiger partial charge in [-0.1, -0.05) is 12.1 Å². The van der Waals surface area contributed by atoms with Crippen LogP contribution in [-0.2, 0) is 6.54 Å². The van der Waals surface area contributed by atoms with E-state index in [4.69, 9.17) is 9.47 Å². The largest absolute Gasteiger partial charge is 0.486 e. The van der Waals surface area contributed by atoms with Crippen molar-refractivity contribution in [3.63, 3.8) is 0 Å². The minimum atomic E-state index is -0.184. The van der Waals surface area contributed by atoms with E-state index in [-0.39, 0.29) is 5.82 Å². The van der Waals surface area contributed by atoms with Gasteiger partial charge in [0.1, 0.15) is 19.0 Å². The molecule has 0 radical (unpaired) electrons. The minimum absolute atomic E-state index is 0.184. The summed E-state index contributed by atoms with van der Waals surface area (Å²) in [5, 5.41) is 0. The first-order chi connectivity index (χ1) is 12.3. The number of para-hydroxylation sites is 1. The van der Waals surface area contributed by atoms with E-state index in [9.17, 15) is 4.39 Å². The summed E-state index contributed by atoms with van der Waals surface area (Å²) in [7, 11) is 0. The van der Waals surface area contributed by atoms with E-state index >= 15 is 0 Å². The Morgan fingerprint density at radius 1 is 0.880 bits per heavy atom. The molecule has 1 fully saturated rings. The SMILES string of the molecule is Fc1ccc(N2CCCN(Cc3cccc4c3OCCO4)CC2)cc1. The summed E-state index contributed by atoms with van der Waals surface area (Å²) < 4.78 is 24.6. The lowest BCUT2D eigenvalue weighted by atomic mass is 10.1. The molecule has 4 rings (SSSR count). The van der Waals surface area contributed by atoms with Crippen LogP contribution < -0.4 is 14.4 Å². The normalized spacial score (nSPS) is 18.0. The van der Waals surface area contributed by atoms with Gasteiger partial charge in [0.25, 0.3) is 0 Å². The lowest BCUT2D eigenvalue weighted by Gasteiger charge is -2.25. The van der Waals surface area contributed by atoms with Gasteiger partial charge < -0.3 is 14.4 Å². The lowest BCUT2D eigenvalue weighted by molar-refractivity contribution is 0.167. The van der Waals surface area contributed by atoms with Gasteiger partial charge in [-0.25, -0.2) is 4.39 Å². The molecule has 0 amide bonds. The fourth-order valence-corrected chi connectivity index (χ4v) is 3.54. The topological polar surface area (TPSA) is 24.9 Å². The molecule has 2 heterocycles. The molecule has 0 spiro atoms. The smallest absolute Gasteiger partial charge is 0.165 e. The second-order valence-electron chi connectivity index (χ2n) is 6.53. The fourth-order valence-electron chi connectivity index (χ4n) is 3.54. The van der Waals surface area contributed by atoms with Gasteiger partial charge in [0.05, 0.1) is 0 Å². The van der Waals surface area contributed by atoms with Crippen LogP contribution in [0.3, 0.4) is 0 Å². The Balaban J connectivity index is 1.42. The number of ether oxygens (including phenoxy) is 2. The maximum atomic E-state index is 13.1. The van der Waals surface area contributed by atoms with Crippen molar-refractivity contribution in [1.82, 2.24) is 4.90 Å². The number of rotatable bonds is 3. The monoisotopic (exact) mass is 342 g/mol. The molecule has 2 aliphatic heterocycles. The second-order valence-corrected chi connectivity index (χ2v) is 6.53. The van der Waals surface area contributed by atoms with E-state index in [0.29, 0.717) is 13.2 Å². The maximum Gasteiger partial charge on any atom is 0.165 e. The number of benzene rings is 2. The fraction of sp³-hybridized carbons (Fsp3) is 0.400. The molecule has 4 nitrogen and oxygen atoms in total. The van der Waals surface area contributed by atoms with Crippen molar-refractivity contribution in [2.75, 3.05) is 44.3 Å². The molecule has 2 aliphatic rings. The van der Waals surface area contributed by atoms with Crippen LogP contribution in [-0.4, -0.2) is 44.3 Å². The zero-order chi connectivity index (χ0) is 17.1. The zero-order valence-electron chi connectivity index (χ0n) is 14.3. The van der Waals surface area contributed by atoms with E-state index in [1.165, 1.54) is 17.7 Å². The number of hydrogen-bond donors (Lipinski definition) is 0. The van der Waals surface area contributed by atoms with Gasteiger partial charge in [-0.2, -0.15) is 0 Å². The van der Waals surface area contributed by atoms with Gasteiger partial charge in [0.15, 0.2) is 11.5 Å². The van der Waals surface area contributed by atoms with Crippen LogP contribution in [0, 0.1) is 5.82 Å². The molecule has 0 bridgehead atoms. The highest BCUT2D eigenvalue weighted by molar-refractivity contribution is 5.48. The molecule has 2 aromatic rings. The Labute approximate surface area is 147 Å². The van der Waals surface area contributed by atoms with Crippen LogP contribution >= 0.6 is 0 Å². The molecule has 132 valence electrons. The average molecular weight is 342 g/mol. The van der Waals surface area contributed by atoms with Gasteiger partial charge in [0, 0.05) is 44.0 Å². The predicted molar refractivity (Wildman–Crippen MR) is 95.9 cm³/mol. The molecule has 25 heavy (non-hydrogen) atoms. The molecular formula is C20H23FN2O2. The molecule has 1 saturated heterocycles. The standard InChI is InChI=1S/C20H23FN2O2/c21-17-5-7-18(8-6-17)23-10-2-9-22(11-12-23)15-16-3-1-4-19-20(16)25-14-13-24-19/h1,3-8H,2,9-15H2. The third-order valence-corrected chi connectivity index (χ3v) is 4.82. The predicted octanol–water partition coefficient (Wildman–Crippen LogP) is 3.31. The molecule has 0 aromatic heterocycles. The van der Waals surface area contributed by atoms with Crippen molar-refractivity contribution in [1.29, 1.82) is 0 Å². The maximum absolute atomic E-state index is 13.1. The van der Waals surface area contributed by atoms with Crippen LogP contribution in [0.25, 0.3) is 0 Å². The Morgan fingerprint density at radius 3 is 2.60 bits per heavy atom. The Morgan fingerprint density at radius 2 is 1.72 bits per heavy atom. The van der Waals surface area contributed by atoms with E-state index in [1.807, 2.05) is 24.3 Å². The van der Waals surface area contributed by atoms with Crippen molar-refractivity contribution in [3.05, 3.63) is 53.8 Å². The number of anilines is 1. The molecule has 0 aliphatic carbocycles. The van der Waals surface area contributed by atoms with Crippen LogP contribution in [0.2, 0.25) is 0 Å². The summed E-state index contributed by atoms with van der Waals surface area (Å²) in [6.07, 6.45) is 1.09. The van der Waals surface area contributed by atoms with Crippen LogP contribution in [0.1, 0.15) is 12.0 Å². The molecule has 0 atom stereocenters. The Hall–Kier alpha value is -2.27. The Bertz CT molecular complexity index is 720. The van der Waals surface area contributed by atoms with E-state index < -0.39 is 0 Å². The first-order valence-electron chi connectivity index (χ1n) is 8.90. The first kappa shape index (κ1) is 16.2. The summed E-state index contributed by atoms with van der Waals surface area (Å²) in [5.41, 5.74) is 2.28. The number of halogens is 1. The number of hydrogen-bond acceptors (Lipinski definition) is 4. The third kappa shape index (κ3) is 3.71. The van der Waals surface area contributed by atoms with E-state index in [2.05, 4.69) is 15.9 Å². The zero-order valence-corrected chi connectivity index (χ0v) is 14.3. The van der Waals surface area contributed by atoms with Crippen molar-refractivity contribution in [2.24, 2.45) is 0 Å². The molecule has 0 N–H and O–H groups in total. The van der Waals surface area contributed by atoms with E-state index in [0.717, 1.165) is 56.3 Å². The molecule has 0 unspecified atom stereocenters. The summed E-state index contributed by atoms with van der Waals surface area (Å²) in [5.74, 6) is 1.57. The summed E-state index contributed by atoms with van der Waals surface area (Å²) in [6, 6.07) is 12.9. The van der Waals surface area contributed by atoms with Crippen LogP contribution in [0.4, 0.5) is 10.1 Å². The van der Waals surface area contributed by atoms with Gasteiger partial charge in [-0.3, -0.25) is 4.90 Å². The minimum Gasteiger partial charge on any atom is -0.486 e. The summed E-state index contributed by atoms with van der Waals surface area (Å²) >= 11 is 0. The highest BCUT2D eigenvalue weighted by Gasteiger charge is 2.20. The van der Waals surface area contributed by atoms with Crippen LogP contribution in [0.15, 0.2) is 42.5 Å². The van der Waals surface area contributed by atoms with Crippen molar-refractivity contribution >= 4 is 5.69 Å². The van der Waals surface area contributed by atoms with E-state index in [1.54, 1.807) is 0 Å². The van der Waals surface area contributed by atoms with Crippen molar-refractivity contribution in [2.45, 2.75) is 13.0 Å². The van der Waals surface area contributed by atoms with Crippen molar-refractivity contribution in [3.8, 4) is 11.5 Å².